The molecule has 7 heteroatoms. The summed E-state index contributed by atoms with van der Waals surface area (Å²) in [5, 5.41) is 12.1. The van der Waals surface area contributed by atoms with E-state index in [1.54, 1.807) is 0 Å². The second kappa shape index (κ2) is 9.04. The average molecular weight is 369 g/mol. The minimum Gasteiger partial charge on any atom is -0.480 e. The summed E-state index contributed by atoms with van der Waals surface area (Å²) in [5.41, 5.74) is 0.349. The van der Waals surface area contributed by atoms with Crippen LogP contribution in [0.25, 0.3) is 0 Å². The Morgan fingerprint density at radius 1 is 1.15 bits per heavy atom. The molecule has 1 saturated carbocycles. The van der Waals surface area contributed by atoms with Gasteiger partial charge in [0.05, 0.1) is 6.54 Å². The van der Waals surface area contributed by atoms with Gasteiger partial charge in [-0.1, -0.05) is 27.7 Å². The minimum atomic E-state index is -0.788. The zero-order valence-electron chi connectivity index (χ0n) is 16.8. The van der Waals surface area contributed by atoms with Gasteiger partial charge in [0.15, 0.2) is 0 Å². The number of rotatable bonds is 7. The van der Waals surface area contributed by atoms with Crippen LogP contribution in [0.2, 0.25) is 0 Å². The first-order valence-corrected chi connectivity index (χ1v) is 9.91. The molecule has 0 atom stereocenters. The molecule has 0 radical (unpaired) electrons. The monoisotopic (exact) mass is 368 g/mol. The van der Waals surface area contributed by atoms with E-state index in [0.29, 0.717) is 5.41 Å². The van der Waals surface area contributed by atoms with Crippen molar-refractivity contribution in [2.75, 3.05) is 45.8 Å². The third-order valence-electron chi connectivity index (χ3n) is 5.54. The number of carbonyl (C=O) groups excluding carboxylic acids is 1. The van der Waals surface area contributed by atoms with Gasteiger partial charge < -0.3 is 15.3 Å². The molecule has 1 aliphatic carbocycles. The summed E-state index contributed by atoms with van der Waals surface area (Å²) in [6.07, 6.45) is 2.86. The van der Waals surface area contributed by atoms with Crippen molar-refractivity contribution in [3.05, 3.63) is 0 Å². The highest BCUT2D eigenvalue weighted by Gasteiger charge is 2.35. The van der Waals surface area contributed by atoms with Crippen molar-refractivity contribution in [3.8, 4) is 0 Å². The van der Waals surface area contributed by atoms with Crippen molar-refractivity contribution < 1.29 is 14.7 Å². The lowest BCUT2D eigenvalue weighted by Crippen LogP contribution is -2.59. The standard InChI is InChI=1S/C19H36N4O3/c1-5-22(14-17(24)25)16-12-15(13-16)20-18(26)23-10-8-21(9-11-23)7-6-19(2,3)4/h15-16H,5-14H2,1-4H3,(H,20,26)(H,24,25). The van der Waals surface area contributed by atoms with E-state index in [2.05, 4.69) is 31.0 Å². The largest absolute Gasteiger partial charge is 0.480 e. The smallest absolute Gasteiger partial charge is 0.317 e. The molecule has 1 heterocycles. The molecule has 0 spiro atoms. The number of hydrogen-bond acceptors (Lipinski definition) is 4. The molecule has 0 aromatic rings. The minimum absolute atomic E-state index is 0.0326. The van der Waals surface area contributed by atoms with Gasteiger partial charge in [0, 0.05) is 38.3 Å². The van der Waals surface area contributed by atoms with Crippen molar-refractivity contribution in [2.24, 2.45) is 5.41 Å². The maximum absolute atomic E-state index is 12.4. The summed E-state index contributed by atoms with van der Waals surface area (Å²) >= 11 is 0. The SMILES string of the molecule is CCN(CC(=O)O)C1CC(NC(=O)N2CCN(CCC(C)(C)C)CC2)C1. The third kappa shape index (κ3) is 6.43. The summed E-state index contributed by atoms with van der Waals surface area (Å²) in [7, 11) is 0. The van der Waals surface area contributed by atoms with Gasteiger partial charge in [0.2, 0.25) is 0 Å². The molecule has 7 nitrogen and oxygen atoms in total. The lowest BCUT2D eigenvalue weighted by Gasteiger charge is -2.43. The number of amides is 2. The van der Waals surface area contributed by atoms with E-state index in [-0.39, 0.29) is 24.7 Å². The highest BCUT2D eigenvalue weighted by molar-refractivity contribution is 5.74. The maximum Gasteiger partial charge on any atom is 0.317 e. The highest BCUT2D eigenvalue weighted by Crippen LogP contribution is 2.26. The first kappa shape index (κ1) is 21.0. The number of nitrogens with zero attached hydrogens (tertiary/aromatic N) is 3. The molecule has 0 aromatic carbocycles. The van der Waals surface area contributed by atoms with Crippen LogP contribution in [0.5, 0.6) is 0 Å². The number of likely N-dealkylation sites (N-methyl/N-ethyl adjacent to an activating group) is 1. The third-order valence-corrected chi connectivity index (χ3v) is 5.54. The molecule has 1 saturated heterocycles. The van der Waals surface area contributed by atoms with Crippen LogP contribution in [0, 0.1) is 5.41 Å². The fourth-order valence-electron chi connectivity index (χ4n) is 3.61. The van der Waals surface area contributed by atoms with Gasteiger partial charge in [-0.3, -0.25) is 14.6 Å². The molecule has 2 fully saturated rings. The maximum atomic E-state index is 12.4. The number of nitrogens with one attached hydrogen (secondary N) is 1. The Kier molecular flexibility index (Phi) is 7.29. The van der Waals surface area contributed by atoms with Gasteiger partial charge in [-0.15, -0.1) is 0 Å². The van der Waals surface area contributed by atoms with Crippen LogP contribution in [0.4, 0.5) is 4.79 Å². The highest BCUT2D eigenvalue weighted by atomic mass is 16.4. The summed E-state index contributed by atoms with van der Waals surface area (Å²) in [6, 6.07) is 0.482. The van der Waals surface area contributed by atoms with E-state index in [1.165, 1.54) is 6.42 Å². The quantitative estimate of drug-likeness (QED) is 0.715. The van der Waals surface area contributed by atoms with Crippen molar-refractivity contribution >= 4 is 12.0 Å². The second-order valence-electron chi connectivity index (χ2n) is 8.87. The normalized spacial score (nSPS) is 24.4. The lowest BCUT2D eigenvalue weighted by molar-refractivity contribution is -0.139. The van der Waals surface area contributed by atoms with Crippen molar-refractivity contribution in [1.82, 2.24) is 20.0 Å². The van der Waals surface area contributed by atoms with Gasteiger partial charge in [-0.05, 0) is 37.8 Å². The summed E-state index contributed by atoms with van der Waals surface area (Å²) in [5.74, 6) is -0.788. The second-order valence-corrected chi connectivity index (χ2v) is 8.87. The zero-order valence-corrected chi connectivity index (χ0v) is 16.8. The topological polar surface area (TPSA) is 76.1 Å². The number of piperazine rings is 1. The number of carboxylic acids is 1. The lowest BCUT2D eigenvalue weighted by atomic mass is 9.85. The zero-order chi connectivity index (χ0) is 19.3. The van der Waals surface area contributed by atoms with E-state index in [1.807, 2.05) is 16.7 Å². The van der Waals surface area contributed by atoms with Crippen LogP contribution in [0.1, 0.15) is 47.0 Å². The molecule has 26 heavy (non-hydrogen) atoms. The van der Waals surface area contributed by atoms with Gasteiger partial charge in [0.1, 0.15) is 0 Å². The molecular formula is C19H36N4O3. The van der Waals surface area contributed by atoms with E-state index >= 15 is 0 Å². The molecule has 2 rings (SSSR count). The molecule has 2 amide bonds. The van der Waals surface area contributed by atoms with Crippen LogP contribution in [-0.4, -0.2) is 89.7 Å². The van der Waals surface area contributed by atoms with E-state index in [0.717, 1.165) is 52.1 Å². The Bertz CT molecular complexity index is 478. The van der Waals surface area contributed by atoms with Crippen LogP contribution in [-0.2, 0) is 4.79 Å². The fraction of sp³-hybridized carbons (Fsp3) is 0.895. The van der Waals surface area contributed by atoms with Crippen molar-refractivity contribution in [1.29, 1.82) is 0 Å². The molecule has 2 aliphatic rings. The number of carboxylic acid groups (broad SMARTS) is 1. The number of urea groups is 1. The summed E-state index contributed by atoms with van der Waals surface area (Å²) in [6.45, 7) is 14.1. The molecule has 2 N–H and O–H groups in total. The van der Waals surface area contributed by atoms with Crippen LogP contribution < -0.4 is 5.32 Å². The summed E-state index contributed by atoms with van der Waals surface area (Å²) in [4.78, 5) is 29.6. The van der Waals surface area contributed by atoms with Crippen molar-refractivity contribution in [3.63, 3.8) is 0 Å². The number of carbonyl (C=O) groups is 2. The fourth-order valence-corrected chi connectivity index (χ4v) is 3.61. The molecule has 0 unspecified atom stereocenters. The molecule has 1 aliphatic heterocycles. The Labute approximate surface area is 157 Å². The molecular weight excluding hydrogens is 332 g/mol. The Hall–Kier alpha value is -1.34. The predicted octanol–water partition coefficient (Wildman–Crippen LogP) is 1.69. The molecule has 0 aromatic heterocycles. The Balaban J connectivity index is 1.65. The molecule has 150 valence electrons. The van der Waals surface area contributed by atoms with Gasteiger partial charge in [-0.25, -0.2) is 4.79 Å². The molecule has 0 bridgehead atoms. The van der Waals surface area contributed by atoms with Crippen LogP contribution in [0.3, 0.4) is 0 Å². The number of hydrogen-bond donors (Lipinski definition) is 2. The predicted molar refractivity (Wildman–Crippen MR) is 102 cm³/mol. The van der Waals surface area contributed by atoms with Crippen molar-refractivity contribution in [2.45, 2.75) is 59.0 Å². The van der Waals surface area contributed by atoms with Gasteiger partial charge >= 0.3 is 12.0 Å². The first-order chi connectivity index (χ1) is 12.2. The average Bonchev–Trinajstić information content (AvgIpc) is 2.53. The Morgan fingerprint density at radius 2 is 1.77 bits per heavy atom. The van der Waals surface area contributed by atoms with Gasteiger partial charge in [0.25, 0.3) is 0 Å². The number of aliphatic carboxylic acids is 1. The first-order valence-electron chi connectivity index (χ1n) is 9.91. The van der Waals surface area contributed by atoms with Crippen LogP contribution >= 0.6 is 0 Å². The van der Waals surface area contributed by atoms with Crippen LogP contribution in [0.15, 0.2) is 0 Å². The van der Waals surface area contributed by atoms with E-state index in [9.17, 15) is 9.59 Å². The van der Waals surface area contributed by atoms with E-state index < -0.39 is 5.97 Å². The summed E-state index contributed by atoms with van der Waals surface area (Å²) < 4.78 is 0. The Morgan fingerprint density at radius 3 is 2.27 bits per heavy atom. The van der Waals surface area contributed by atoms with E-state index in [4.69, 9.17) is 5.11 Å². The van der Waals surface area contributed by atoms with Gasteiger partial charge in [-0.2, -0.15) is 0 Å².